The van der Waals surface area contributed by atoms with Crippen molar-refractivity contribution in [2.75, 3.05) is 20.3 Å². The Balaban J connectivity index is 2.31. The number of hydrogen-bond acceptors (Lipinski definition) is 4. The van der Waals surface area contributed by atoms with E-state index in [2.05, 4.69) is 21.0 Å². The first-order chi connectivity index (χ1) is 9.13. The van der Waals surface area contributed by atoms with Crippen LogP contribution in [0.3, 0.4) is 0 Å². The molecule has 0 unspecified atom stereocenters. The number of carboxylic acid groups (broad SMARTS) is 1. The maximum absolute atomic E-state index is 11.1. The van der Waals surface area contributed by atoms with Crippen molar-refractivity contribution in [1.82, 2.24) is 9.78 Å². The zero-order valence-electron chi connectivity index (χ0n) is 10.3. The van der Waals surface area contributed by atoms with Crippen LogP contribution in [0.1, 0.15) is 10.5 Å². The highest BCUT2D eigenvalue weighted by atomic mass is 79.9. The van der Waals surface area contributed by atoms with E-state index in [1.165, 1.54) is 4.68 Å². The van der Waals surface area contributed by atoms with Gasteiger partial charge in [-0.1, -0.05) is 15.9 Å². The average Bonchev–Trinajstić information content (AvgIpc) is 2.73. The summed E-state index contributed by atoms with van der Waals surface area (Å²) in [5.74, 6) is -1.05. The number of carboxylic acids is 1. The topological polar surface area (TPSA) is 73.6 Å². The summed E-state index contributed by atoms with van der Waals surface area (Å²) in [6.07, 6.45) is 0. The zero-order chi connectivity index (χ0) is 13.8. The second-order valence-electron chi connectivity index (χ2n) is 3.84. The van der Waals surface area contributed by atoms with Crippen molar-refractivity contribution in [3.8, 4) is 0 Å². The second kappa shape index (κ2) is 6.14. The lowest BCUT2D eigenvalue weighted by atomic mass is 10.2. The van der Waals surface area contributed by atoms with Crippen LogP contribution in [0.4, 0.5) is 0 Å². The highest BCUT2D eigenvalue weighted by molar-refractivity contribution is 9.10. The third-order valence-electron chi connectivity index (χ3n) is 2.56. The molecule has 1 aromatic heterocycles. The Hall–Kier alpha value is -1.44. The van der Waals surface area contributed by atoms with Crippen molar-refractivity contribution in [2.24, 2.45) is 0 Å². The molecule has 0 saturated heterocycles. The van der Waals surface area contributed by atoms with Crippen LogP contribution >= 0.6 is 15.9 Å². The van der Waals surface area contributed by atoms with Crippen molar-refractivity contribution in [3.63, 3.8) is 0 Å². The van der Waals surface area contributed by atoms with Crippen LogP contribution < -0.4 is 0 Å². The van der Waals surface area contributed by atoms with Crippen molar-refractivity contribution >= 4 is 32.8 Å². The van der Waals surface area contributed by atoms with Crippen LogP contribution in [0.25, 0.3) is 10.9 Å². The number of methoxy groups -OCH3 is 1. The van der Waals surface area contributed by atoms with Gasteiger partial charge in [0.05, 0.1) is 18.7 Å². The molecule has 0 amide bonds. The Bertz CT molecular complexity index is 597. The average molecular weight is 329 g/mol. The van der Waals surface area contributed by atoms with Crippen LogP contribution in [0.5, 0.6) is 0 Å². The van der Waals surface area contributed by atoms with E-state index < -0.39 is 5.97 Å². The van der Waals surface area contributed by atoms with E-state index in [-0.39, 0.29) is 12.4 Å². The molecular formula is C12H13BrN2O4. The van der Waals surface area contributed by atoms with E-state index in [1.54, 1.807) is 19.2 Å². The van der Waals surface area contributed by atoms with E-state index in [9.17, 15) is 4.79 Å². The minimum absolute atomic E-state index is 0.0258. The molecule has 0 fully saturated rings. The van der Waals surface area contributed by atoms with Crippen LogP contribution in [0, 0.1) is 0 Å². The van der Waals surface area contributed by atoms with E-state index in [1.807, 2.05) is 6.07 Å². The lowest BCUT2D eigenvalue weighted by Gasteiger charge is -2.05. The van der Waals surface area contributed by atoms with Gasteiger partial charge < -0.3 is 14.6 Å². The third-order valence-corrected chi connectivity index (χ3v) is 3.05. The molecule has 1 aromatic carbocycles. The molecule has 1 heterocycles. The molecule has 0 aliphatic rings. The van der Waals surface area contributed by atoms with Gasteiger partial charge in [-0.3, -0.25) is 0 Å². The summed E-state index contributed by atoms with van der Waals surface area (Å²) in [5.41, 5.74) is 0.738. The minimum Gasteiger partial charge on any atom is -0.476 e. The molecule has 0 saturated carbocycles. The Morgan fingerprint density at radius 3 is 2.95 bits per heavy atom. The molecule has 2 aromatic rings. The summed E-state index contributed by atoms with van der Waals surface area (Å²) in [6.45, 7) is 1.09. The highest BCUT2D eigenvalue weighted by Crippen LogP contribution is 2.23. The van der Waals surface area contributed by atoms with Gasteiger partial charge in [-0.15, -0.1) is 0 Å². The number of benzene rings is 1. The second-order valence-corrected chi connectivity index (χ2v) is 4.76. The molecule has 0 aliphatic carbocycles. The van der Waals surface area contributed by atoms with Gasteiger partial charge in [0.15, 0.2) is 5.69 Å². The van der Waals surface area contributed by atoms with Gasteiger partial charge in [0, 0.05) is 17.0 Å². The molecule has 1 N–H and O–H groups in total. The molecular weight excluding hydrogens is 316 g/mol. The molecule has 102 valence electrons. The number of hydrogen-bond donors (Lipinski definition) is 1. The number of fused-ring (bicyclic) bond motifs is 1. The zero-order valence-corrected chi connectivity index (χ0v) is 11.9. The molecule has 19 heavy (non-hydrogen) atoms. The number of aromatic nitrogens is 2. The van der Waals surface area contributed by atoms with Crippen LogP contribution in [0.2, 0.25) is 0 Å². The number of aromatic carboxylic acids is 1. The lowest BCUT2D eigenvalue weighted by Crippen LogP contribution is -2.09. The minimum atomic E-state index is -1.05. The van der Waals surface area contributed by atoms with E-state index in [0.717, 1.165) is 4.47 Å². The fraction of sp³-hybridized carbons (Fsp3) is 0.333. The number of carbonyl (C=O) groups is 1. The van der Waals surface area contributed by atoms with E-state index in [4.69, 9.17) is 14.6 Å². The fourth-order valence-corrected chi connectivity index (χ4v) is 2.05. The monoisotopic (exact) mass is 328 g/mol. The number of halogens is 1. The van der Waals surface area contributed by atoms with Crippen molar-refractivity contribution < 1.29 is 19.4 Å². The summed E-state index contributed by atoms with van der Waals surface area (Å²) < 4.78 is 12.6. The van der Waals surface area contributed by atoms with Gasteiger partial charge >= 0.3 is 5.97 Å². The van der Waals surface area contributed by atoms with Gasteiger partial charge in [0.1, 0.15) is 6.73 Å². The molecule has 0 aliphatic heterocycles. The van der Waals surface area contributed by atoms with Crippen molar-refractivity contribution in [1.29, 1.82) is 0 Å². The normalized spacial score (nSPS) is 11.1. The first-order valence-electron chi connectivity index (χ1n) is 5.59. The van der Waals surface area contributed by atoms with Gasteiger partial charge in [-0.25, -0.2) is 9.48 Å². The molecule has 0 bridgehead atoms. The molecule has 7 heteroatoms. The molecule has 6 nitrogen and oxygen atoms in total. The van der Waals surface area contributed by atoms with E-state index in [0.29, 0.717) is 24.1 Å². The maximum atomic E-state index is 11.1. The Morgan fingerprint density at radius 2 is 2.26 bits per heavy atom. The number of ether oxygens (including phenoxy) is 2. The highest BCUT2D eigenvalue weighted by Gasteiger charge is 2.16. The molecule has 0 radical (unpaired) electrons. The smallest absolute Gasteiger partial charge is 0.357 e. The first-order valence-corrected chi connectivity index (χ1v) is 6.39. The number of rotatable bonds is 6. The van der Waals surface area contributed by atoms with E-state index >= 15 is 0 Å². The van der Waals surface area contributed by atoms with Crippen molar-refractivity contribution in [3.05, 3.63) is 28.4 Å². The Labute approximate surface area is 118 Å². The summed E-state index contributed by atoms with van der Waals surface area (Å²) >= 11 is 3.36. The van der Waals surface area contributed by atoms with Gasteiger partial charge in [0.2, 0.25) is 0 Å². The first kappa shape index (κ1) is 14.0. The van der Waals surface area contributed by atoms with Crippen LogP contribution in [-0.4, -0.2) is 41.2 Å². The summed E-state index contributed by atoms with van der Waals surface area (Å²) in [4.78, 5) is 11.1. The van der Waals surface area contributed by atoms with Gasteiger partial charge in [-0.2, -0.15) is 5.10 Å². The maximum Gasteiger partial charge on any atom is 0.357 e. The number of nitrogens with zero attached hydrogens (tertiary/aromatic N) is 2. The molecule has 0 atom stereocenters. The Morgan fingerprint density at radius 1 is 1.47 bits per heavy atom. The summed E-state index contributed by atoms with van der Waals surface area (Å²) in [7, 11) is 1.59. The SMILES string of the molecule is COCCOCn1nc(C(=O)O)c2ccc(Br)cc21. The Kier molecular flexibility index (Phi) is 4.52. The summed E-state index contributed by atoms with van der Waals surface area (Å²) in [6, 6.07) is 5.32. The third kappa shape index (κ3) is 3.12. The predicted molar refractivity (Wildman–Crippen MR) is 72.2 cm³/mol. The van der Waals surface area contributed by atoms with Gasteiger partial charge in [0.25, 0.3) is 0 Å². The summed E-state index contributed by atoms with van der Waals surface area (Å²) in [5, 5.41) is 13.8. The quantitative estimate of drug-likeness (QED) is 0.822. The van der Waals surface area contributed by atoms with Crippen LogP contribution in [0.15, 0.2) is 22.7 Å². The fourth-order valence-electron chi connectivity index (χ4n) is 1.70. The lowest BCUT2D eigenvalue weighted by molar-refractivity contribution is 0.0304. The van der Waals surface area contributed by atoms with Gasteiger partial charge in [-0.05, 0) is 18.2 Å². The van der Waals surface area contributed by atoms with Crippen molar-refractivity contribution in [2.45, 2.75) is 6.73 Å². The predicted octanol–water partition coefficient (Wildman–Crippen LogP) is 2.12. The largest absolute Gasteiger partial charge is 0.476 e. The standard InChI is InChI=1S/C12H13BrN2O4/c1-18-4-5-19-7-15-10-6-8(13)2-3-9(10)11(14-15)12(16)17/h2-3,6H,4-5,7H2,1H3,(H,16,17). The van der Waals surface area contributed by atoms with Crippen LogP contribution in [-0.2, 0) is 16.2 Å². The molecule has 0 spiro atoms. The molecule has 2 rings (SSSR count).